The van der Waals surface area contributed by atoms with Gasteiger partial charge in [-0.15, -0.1) is 0 Å². The highest BCUT2D eigenvalue weighted by molar-refractivity contribution is 6.04. The predicted molar refractivity (Wildman–Crippen MR) is 110 cm³/mol. The molecule has 1 amide bonds. The van der Waals surface area contributed by atoms with Gasteiger partial charge in [0, 0.05) is 24.2 Å². The molecule has 3 aromatic rings. The van der Waals surface area contributed by atoms with Crippen LogP contribution < -0.4 is 10.2 Å². The third-order valence-electron chi connectivity index (χ3n) is 5.32. The number of aliphatic hydroxyl groups excluding tert-OH is 1. The number of aromatic nitrogens is 3. The molecule has 1 atom stereocenters. The van der Waals surface area contributed by atoms with Crippen LogP contribution in [0.1, 0.15) is 42.6 Å². The van der Waals surface area contributed by atoms with Crippen molar-refractivity contribution in [2.45, 2.75) is 38.3 Å². The molecule has 4 rings (SSSR count). The molecule has 0 saturated carbocycles. The maximum atomic E-state index is 12.7. The first-order chi connectivity index (χ1) is 13.9. The molecule has 3 heterocycles. The number of nitrogens with one attached hydrogen (secondary N) is 1. The van der Waals surface area contributed by atoms with Crippen LogP contribution in [-0.4, -0.2) is 49.9 Å². The quantitative estimate of drug-likeness (QED) is 0.612. The lowest BCUT2D eigenvalue weighted by Crippen LogP contribution is -2.33. The van der Waals surface area contributed by atoms with Crippen molar-refractivity contribution in [2.75, 3.05) is 23.4 Å². The molecule has 1 aliphatic heterocycles. The van der Waals surface area contributed by atoms with E-state index < -0.39 is 5.60 Å². The van der Waals surface area contributed by atoms with Crippen LogP contribution in [0.3, 0.4) is 0 Å². The molecular weight excluding hydrogens is 370 g/mol. The maximum absolute atomic E-state index is 12.7. The number of nitrogens with zero attached hydrogens (tertiary/aromatic N) is 4. The van der Waals surface area contributed by atoms with Gasteiger partial charge in [0.25, 0.3) is 5.91 Å². The smallest absolute Gasteiger partial charge is 0.256 e. The lowest BCUT2D eigenvalue weighted by Gasteiger charge is -2.25. The highest BCUT2D eigenvalue weighted by Crippen LogP contribution is 2.28. The van der Waals surface area contributed by atoms with Crippen molar-refractivity contribution in [3.05, 3.63) is 53.7 Å². The molecule has 8 nitrogen and oxygen atoms in total. The van der Waals surface area contributed by atoms with Crippen LogP contribution in [-0.2, 0) is 5.60 Å². The number of amides is 1. The van der Waals surface area contributed by atoms with Gasteiger partial charge in [-0.2, -0.15) is 9.61 Å². The van der Waals surface area contributed by atoms with Gasteiger partial charge in [0.1, 0.15) is 11.6 Å². The van der Waals surface area contributed by atoms with Gasteiger partial charge in [-0.05, 0) is 44.4 Å². The number of rotatable bonds is 5. The van der Waals surface area contributed by atoms with E-state index in [1.807, 2.05) is 0 Å². The highest BCUT2D eigenvalue weighted by Gasteiger charge is 2.27. The SMILES string of the molecule is CC(C)(O)c1ccc(C(=O)Nc2cc(N3CCCC3CO)n3nccc3n2)cc1. The summed E-state index contributed by atoms with van der Waals surface area (Å²) < 4.78 is 1.72. The Kier molecular flexibility index (Phi) is 4.97. The summed E-state index contributed by atoms with van der Waals surface area (Å²) in [6.45, 7) is 4.29. The van der Waals surface area contributed by atoms with Crippen molar-refractivity contribution >= 4 is 23.2 Å². The fourth-order valence-electron chi connectivity index (χ4n) is 3.71. The molecule has 0 radical (unpaired) electrons. The van der Waals surface area contributed by atoms with E-state index in [-0.39, 0.29) is 18.6 Å². The van der Waals surface area contributed by atoms with Gasteiger partial charge in [-0.3, -0.25) is 4.79 Å². The number of aliphatic hydroxyl groups is 2. The summed E-state index contributed by atoms with van der Waals surface area (Å²) in [5.41, 5.74) is 0.874. The standard InChI is InChI=1S/C21H25N5O3/c1-21(2,29)15-7-5-14(6-8-15)20(28)24-17-12-19(25-11-3-4-16(25)13-27)26-18(23-17)9-10-22-26/h5-10,12,16,27,29H,3-4,11,13H2,1-2H3,(H,23,24,28). The summed E-state index contributed by atoms with van der Waals surface area (Å²) in [5.74, 6) is 0.937. The van der Waals surface area contributed by atoms with E-state index in [4.69, 9.17) is 0 Å². The second kappa shape index (κ2) is 7.46. The number of hydrogen-bond donors (Lipinski definition) is 3. The second-order valence-corrected chi connectivity index (χ2v) is 7.86. The van der Waals surface area contributed by atoms with Crippen LogP contribution in [0.15, 0.2) is 42.6 Å². The molecule has 1 aromatic carbocycles. The Bertz CT molecular complexity index is 1020. The van der Waals surface area contributed by atoms with Crippen LogP contribution in [0.2, 0.25) is 0 Å². The van der Waals surface area contributed by atoms with E-state index in [9.17, 15) is 15.0 Å². The van der Waals surface area contributed by atoms with Gasteiger partial charge in [0.2, 0.25) is 0 Å². The van der Waals surface area contributed by atoms with Crippen molar-refractivity contribution in [2.24, 2.45) is 0 Å². The molecule has 29 heavy (non-hydrogen) atoms. The van der Waals surface area contributed by atoms with E-state index in [0.717, 1.165) is 30.8 Å². The normalized spacial score (nSPS) is 17.1. The fraction of sp³-hybridized carbons (Fsp3) is 0.381. The van der Waals surface area contributed by atoms with Crippen molar-refractivity contribution in [3.8, 4) is 0 Å². The molecule has 3 N–H and O–H groups in total. The first-order valence-corrected chi connectivity index (χ1v) is 9.73. The Labute approximate surface area is 168 Å². The first kappa shape index (κ1) is 19.4. The van der Waals surface area contributed by atoms with E-state index in [0.29, 0.717) is 17.0 Å². The number of anilines is 2. The van der Waals surface area contributed by atoms with Gasteiger partial charge < -0.3 is 20.4 Å². The summed E-state index contributed by atoms with van der Waals surface area (Å²) in [6.07, 6.45) is 3.57. The Balaban J connectivity index is 1.62. The largest absolute Gasteiger partial charge is 0.394 e. The maximum Gasteiger partial charge on any atom is 0.256 e. The third-order valence-corrected chi connectivity index (χ3v) is 5.32. The number of benzene rings is 1. The summed E-state index contributed by atoms with van der Waals surface area (Å²) in [5, 5.41) is 26.9. The average molecular weight is 395 g/mol. The average Bonchev–Trinajstić information content (AvgIpc) is 3.35. The summed E-state index contributed by atoms with van der Waals surface area (Å²) >= 11 is 0. The molecular formula is C21H25N5O3. The van der Waals surface area contributed by atoms with Crippen LogP contribution in [0.25, 0.3) is 5.65 Å². The zero-order valence-corrected chi connectivity index (χ0v) is 16.5. The summed E-state index contributed by atoms with van der Waals surface area (Å²) in [6, 6.07) is 10.4. The van der Waals surface area contributed by atoms with Crippen LogP contribution in [0.4, 0.5) is 11.6 Å². The molecule has 1 unspecified atom stereocenters. The molecule has 1 saturated heterocycles. The lowest BCUT2D eigenvalue weighted by atomic mass is 9.97. The zero-order valence-electron chi connectivity index (χ0n) is 16.5. The minimum Gasteiger partial charge on any atom is -0.394 e. The molecule has 1 aliphatic rings. The molecule has 0 spiro atoms. The molecule has 152 valence electrons. The Morgan fingerprint density at radius 1 is 1.28 bits per heavy atom. The first-order valence-electron chi connectivity index (χ1n) is 9.73. The monoisotopic (exact) mass is 395 g/mol. The third kappa shape index (κ3) is 3.81. The molecule has 8 heteroatoms. The molecule has 1 fully saturated rings. The Morgan fingerprint density at radius 2 is 2.03 bits per heavy atom. The topological polar surface area (TPSA) is 103 Å². The minimum atomic E-state index is -0.961. The van der Waals surface area contributed by atoms with Gasteiger partial charge in [0.05, 0.1) is 24.4 Å². The van der Waals surface area contributed by atoms with Crippen molar-refractivity contribution in [3.63, 3.8) is 0 Å². The number of hydrogen-bond acceptors (Lipinski definition) is 6. The fourth-order valence-corrected chi connectivity index (χ4v) is 3.71. The van der Waals surface area contributed by atoms with Gasteiger partial charge >= 0.3 is 0 Å². The van der Waals surface area contributed by atoms with Gasteiger partial charge in [-0.25, -0.2) is 4.98 Å². The van der Waals surface area contributed by atoms with Crippen molar-refractivity contribution in [1.29, 1.82) is 0 Å². The molecule has 0 aliphatic carbocycles. The van der Waals surface area contributed by atoms with Crippen LogP contribution >= 0.6 is 0 Å². The summed E-state index contributed by atoms with van der Waals surface area (Å²) in [4.78, 5) is 19.3. The lowest BCUT2D eigenvalue weighted by molar-refractivity contribution is 0.0785. The minimum absolute atomic E-state index is 0.0303. The van der Waals surface area contributed by atoms with Crippen molar-refractivity contribution < 1.29 is 15.0 Å². The van der Waals surface area contributed by atoms with Gasteiger partial charge in [-0.1, -0.05) is 12.1 Å². The molecule has 2 aromatic heterocycles. The zero-order chi connectivity index (χ0) is 20.6. The number of carbonyl (C=O) groups is 1. The Hall–Kier alpha value is -2.97. The summed E-state index contributed by atoms with van der Waals surface area (Å²) in [7, 11) is 0. The van der Waals surface area contributed by atoms with E-state index in [2.05, 4.69) is 20.3 Å². The van der Waals surface area contributed by atoms with E-state index in [1.54, 1.807) is 61.0 Å². The second-order valence-electron chi connectivity index (χ2n) is 7.86. The van der Waals surface area contributed by atoms with Crippen LogP contribution in [0.5, 0.6) is 0 Å². The van der Waals surface area contributed by atoms with Crippen LogP contribution in [0, 0.1) is 0 Å². The predicted octanol–water partition coefficient (Wildman–Crippen LogP) is 2.17. The molecule has 0 bridgehead atoms. The number of carbonyl (C=O) groups excluding carboxylic acids is 1. The van der Waals surface area contributed by atoms with E-state index in [1.165, 1.54) is 0 Å². The highest BCUT2D eigenvalue weighted by atomic mass is 16.3. The number of fused-ring (bicyclic) bond motifs is 1. The van der Waals surface area contributed by atoms with E-state index >= 15 is 0 Å². The van der Waals surface area contributed by atoms with Crippen molar-refractivity contribution in [1.82, 2.24) is 14.6 Å². The Morgan fingerprint density at radius 3 is 2.72 bits per heavy atom. The van der Waals surface area contributed by atoms with Gasteiger partial charge in [0.15, 0.2) is 5.65 Å².